The van der Waals surface area contributed by atoms with E-state index in [1.807, 2.05) is 0 Å². The molecule has 3 N–H and O–H groups in total. The van der Waals surface area contributed by atoms with Gasteiger partial charge in [0.25, 0.3) is 0 Å². The minimum Gasteiger partial charge on any atom is -0.466 e. The highest BCUT2D eigenvalue weighted by atomic mass is 16.5. The number of ether oxygens (including phenoxy) is 1. The van der Waals surface area contributed by atoms with Crippen molar-refractivity contribution in [3.8, 4) is 0 Å². The van der Waals surface area contributed by atoms with E-state index in [-0.39, 0.29) is 18.5 Å². The van der Waals surface area contributed by atoms with Crippen LogP contribution < -0.4 is 5.32 Å². The van der Waals surface area contributed by atoms with Crippen molar-refractivity contribution in [2.45, 2.75) is 270 Å². The summed E-state index contributed by atoms with van der Waals surface area (Å²) in [6, 6.07) is -0.566. The number of carbonyl (C=O) groups is 2. The second-order valence-corrected chi connectivity index (χ2v) is 16.8. The largest absolute Gasteiger partial charge is 0.466 e. The van der Waals surface area contributed by atoms with Crippen molar-refractivity contribution in [1.29, 1.82) is 0 Å². The zero-order valence-corrected chi connectivity index (χ0v) is 37.4. The maximum absolute atomic E-state index is 12.4. The third-order valence-electron chi connectivity index (χ3n) is 11.2. The number of hydrogen-bond acceptors (Lipinski definition) is 5. The molecule has 0 aliphatic rings. The van der Waals surface area contributed by atoms with Crippen LogP contribution in [0.5, 0.6) is 0 Å². The third-order valence-corrected chi connectivity index (χ3v) is 11.2. The van der Waals surface area contributed by atoms with Crippen molar-refractivity contribution < 1.29 is 24.5 Å². The topological polar surface area (TPSA) is 95.9 Å². The van der Waals surface area contributed by atoms with Crippen LogP contribution in [0.1, 0.15) is 258 Å². The normalized spacial score (nSPS) is 12.9. The van der Waals surface area contributed by atoms with Crippen molar-refractivity contribution in [3.63, 3.8) is 0 Å². The number of allylic oxidation sites excluding steroid dienone is 4. The quantitative estimate of drug-likeness (QED) is 0.0324. The van der Waals surface area contributed by atoms with Crippen molar-refractivity contribution in [3.05, 3.63) is 24.3 Å². The molecule has 2 unspecified atom stereocenters. The lowest BCUT2D eigenvalue weighted by Crippen LogP contribution is -2.45. The van der Waals surface area contributed by atoms with E-state index < -0.39 is 12.1 Å². The molecular weight excluding hydrogens is 695 g/mol. The number of aliphatic hydroxyl groups is 2. The molecule has 0 bridgehead atoms. The maximum atomic E-state index is 12.4. The Bertz CT molecular complexity index is 874. The SMILES string of the molecule is CCCCCCCCC/C=C\CCCCCCCC(=O)OCCCC/C=C\CCCCCCC(=O)NC(CO)C(O)CCCCCCCCCCCCCCC. The van der Waals surface area contributed by atoms with Gasteiger partial charge in [0.15, 0.2) is 0 Å². The Labute approximate surface area is 348 Å². The zero-order valence-electron chi connectivity index (χ0n) is 37.4. The van der Waals surface area contributed by atoms with Gasteiger partial charge in [0.2, 0.25) is 5.91 Å². The van der Waals surface area contributed by atoms with Crippen LogP contribution >= 0.6 is 0 Å². The summed E-state index contributed by atoms with van der Waals surface area (Å²) < 4.78 is 5.43. The molecule has 0 spiro atoms. The molecule has 0 aromatic carbocycles. The van der Waals surface area contributed by atoms with Crippen LogP contribution in [-0.4, -0.2) is 47.4 Å². The highest BCUT2D eigenvalue weighted by Gasteiger charge is 2.20. The summed E-state index contributed by atoms with van der Waals surface area (Å²) in [5.74, 6) is -0.116. The van der Waals surface area contributed by atoms with E-state index in [0.717, 1.165) is 77.0 Å². The Morgan fingerprint density at radius 1 is 0.482 bits per heavy atom. The molecule has 56 heavy (non-hydrogen) atoms. The number of rotatable bonds is 45. The van der Waals surface area contributed by atoms with Crippen LogP contribution in [-0.2, 0) is 14.3 Å². The molecule has 0 saturated carbocycles. The van der Waals surface area contributed by atoms with Crippen LogP contribution in [0.25, 0.3) is 0 Å². The molecule has 0 fully saturated rings. The summed E-state index contributed by atoms with van der Waals surface area (Å²) in [4.78, 5) is 24.4. The number of aliphatic hydroxyl groups excluding tert-OH is 2. The molecule has 6 heteroatoms. The molecule has 0 heterocycles. The van der Waals surface area contributed by atoms with Crippen molar-refractivity contribution in [1.82, 2.24) is 5.32 Å². The van der Waals surface area contributed by atoms with Crippen molar-refractivity contribution in [2.75, 3.05) is 13.2 Å². The van der Waals surface area contributed by atoms with Gasteiger partial charge in [0, 0.05) is 12.8 Å². The van der Waals surface area contributed by atoms with Gasteiger partial charge in [-0.2, -0.15) is 0 Å². The number of amides is 1. The fourth-order valence-electron chi connectivity index (χ4n) is 7.39. The summed E-state index contributed by atoms with van der Waals surface area (Å²) in [6.07, 6.45) is 52.8. The second kappa shape index (κ2) is 46.0. The predicted octanol–water partition coefficient (Wildman–Crippen LogP) is 14.3. The van der Waals surface area contributed by atoms with Gasteiger partial charge in [0.1, 0.15) is 0 Å². The minimum absolute atomic E-state index is 0.0441. The molecule has 0 radical (unpaired) electrons. The van der Waals surface area contributed by atoms with Gasteiger partial charge in [-0.1, -0.05) is 192 Å². The van der Waals surface area contributed by atoms with Crippen molar-refractivity contribution in [2.24, 2.45) is 0 Å². The van der Waals surface area contributed by atoms with Gasteiger partial charge in [-0.15, -0.1) is 0 Å². The van der Waals surface area contributed by atoms with Gasteiger partial charge in [-0.25, -0.2) is 0 Å². The number of hydrogen-bond donors (Lipinski definition) is 3. The number of carbonyl (C=O) groups excluding carboxylic acids is 2. The summed E-state index contributed by atoms with van der Waals surface area (Å²) >= 11 is 0. The van der Waals surface area contributed by atoms with Crippen LogP contribution in [0, 0.1) is 0 Å². The molecule has 0 aliphatic carbocycles. The van der Waals surface area contributed by atoms with E-state index in [2.05, 4.69) is 43.5 Å². The molecule has 6 nitrogen and oxygen atoms in total. The first-order chi connectivity index (χ1) is 27.5. The molecule has 1 amide bonds. The lowest BCUT2D eigenvalue weighted by molar-refractivity contribution is -0.143. The molecular formula is C50H95NO5. The lowest BCUT2D eigenvalue weighted by atomic mass is 10.0. The summed E-state index contributed by atoms with van der Waals surface area (Å²) in [7, 11) is 0. The standard InChI is InChI=1S/C50H95NO5/c1-3-5-7-9-11-13-15-17-18-19-21-23-28-32-36-40-44-50(55)56-45-41-37-33-29-25-24-27-31-35-39-43-49(54)51-47(46-52)48(53)42-38-34-30-26-22-20-16-14-12-10-8-6-4-2/h18-19,25,29,47-48,52-53H,3-17,20-24,26-28,30-46H2,1-2H3,(H,51,54)/b19-18-,29-25-. The van der Waals surface area contributed by atoms with E-state index in [9.17, 15) is 19.8 Å². The van der Waals surface area contributed by atoms with Gasteiger partial charge in [0.05, 0.1) is 25.4 Å². The number of unbranched alkanes of at least 4 members (excludes halogenated alkanes) is 30. The van der Waals surface area contributed by atoms with Gasteiger partial charge in [-0.3, -0.25) is 9.59 Å². The average molecular weight is 790 g/mol. The second-order valence-electron chi connectivity index (χ2n) is 16.8. The van der Waals surface area contributed by atoms with Crippen LogP contribution in [0.2, 0.25) is 0 Å². The van der Waals surface area contributed by atoms with Gasteiger partial charge < -0.3 is 20.3 Å². The zero-order chi connectivity index (χ0) is 40.8. The fraction of sp³-hybridized carbons (Fsp3) is 0.880. The first kappa shape index (κ1) is 54.3. The van der Waals surface area contributed by atoms with E-state index in [0.29, 0.717) is 25.9 Å². The third kappa shape index (κ3) is 42.0. The summed E-state index contributed by atoms with van der Waals surface area (Å²) in [6.45, 7) is 4.85. The summed E-state index contributed by atoms with van der Waals surface area (Å²) in [5, 5.41) is 23.1. The Balaban J connectivity index is 3.53. The Morgan fingerprint density at radius 3 is 1.27 bits per heavy atom. The molecule has 0 aliphatic heterocycles. The number of nitrogens with one attached hydrogen (secondary N) is 1. The Hall–Kier alpha value is -1.66. The number of esters is 1. The predicted molar refractivity (Wildman–Crippen MR) is 241 cm³/mol. The molecule has 0 aromatic heterocycles. The Kier molecular flexibility index (Phi) is 44.7. The van der Waals surface area contributed by atoms with Crippen LogP contribution in [0.15, 0.2) is 24.3 Å². The van der Waals surface area contributed by atoms with E-state index in [1.165, 1.54) is 148 Å². The van der Waals surface area contributed by atoms with Crippen LogP contribution in [0.4, 0.5) is 0 Å². The monoisotopic (exact) mass is 790 g/mol. The summed E-state index contributed by atoms with van der Waals surface area (Å²) in [5.41, 5.74) is 0. The first-order valence-corrected chi connectivity index (χ1v) is 24.6. The maximum Gasteiger partial charge on any atom is 0.305 e. The van der Waals surface area contributed by atoms with Gasteiger partial charge >= 0.3 is 5.97 Å². The molecule has 0 rings (SSSR count). The fourth-order valence-corrected chi connectivity index (χ4v) is 7.39. The van der Waals surface area contributed by atoms with E-state index >= 15 is 0 Å². The smallest absolute Gasteiger partial charge is 0.305 e. The first-order valence-electron chi connectivity index (χ1n) is 24.6. The van der Waals surface area contributed by atoms with Crippen LogP contribution in [0.3, 0.4) is 0 Å². The van der Waals surface area contributed by atoms with E-state index in [1.54, 1.807) is 0 Å². The Morgan fingerprint density at radius 2 is 0.839 bits per heavy atom. The minimum atomic E-state index is -0.685. The van der Waals surface area contributed by atoms with Crippen molar-refractivity contribution >= 4 is 11.9 Å². The molecule has 2 atom stereocenters. The lowest BCUT2D eigenvalue weighted by Gasteiger charge is -2.22. The average Bonchev–Trinajstić information content (AvgIpc) is 3.20. The molecule has 0 saturated heterocycles. The highest BCUT2D eigenvalue weighted by molar-refractivity contribution is 5.76. The highest BCUT2D eigenvalue weighted by Crippen LogP contribution is 2.15. The van der Waals surface area contributed by atoms with Gasteiger partial charge in [-0.05, 0) is 77.0 Å². The van der Waals surface area contributed by atoms with E-state index in [4.69, 9.17) is 4.74 Å². The molecule has 330 valence electrons. The molecule has 0 aromatic rings.